The van der Waals surface area contributed by atoms with Crippen LogP contribution in [0.3, 0.4) is 0 Å². The fourth-order valence-electron chi connectivity index (χ4n) is 3.10. The SMILES string of the molecule is C[C@@H](NCc1ccc2c(c1)OCCO2)C1CCCC1. The van der Waals surface area contributed by atoms with Crippen molar-refractivity contribution < 1.29 is 9.47 Å². The van der Waals surface area contributed by atoms with Crippen LogP contribution < -0.4 is 14.8 Å². The predicted molar refractivity (Wildman–Crippen MR) is 75.7 cm³/mol. The first-order chi connectivity index (χ1) is 9.33. The van der Waals surface area contributed by atoms with Crippen molar-refractivity contribution in [1.29, 1.82) is 0 Å². The summed E-state index contributed by atoms with van der Waals surface area (Å²) in [6, 6.07) is 6.85. The minimum atomic E-state index is 0.607. The molecular formula is C16H23NO2. The fraction of sp³-hybridized carbons (Fsp3) is 0.625. The third-order valence-electron chi connectivity index (χ3n) is 4.34. The summed E-state index contributed by atoms with van der Waals surface area (Å²) in [6.07, 6.45) is 5.58. The standard InChI is InChI=1S/C16H23NO2/c1-12(14-4-2-3-5-14)17-11-13-6-7-15-16(10-13)19-9-8-18-15/h6-7,10,12,14,17H,2-5,8-9,11H2,1H3/t12-/m1/s1. The normalized spacial score (nSPS) is 20.5. The first-order valence-corrected chi connectivity index (χ1v) is 7.45. The van der Waals surface area contributed by atoms with Crippen LogP contribution in [0.2, 0.25) is 0 Å². The van der Waals surface area contributed by atoms with Gasteiger partial charge in [-0.05, 0) is 43.4 Å². The molecule has 0 amide bonds. The van der Waals surface area contributed by atoms with Gasteiger partial charge in [-0.2, -0.15) is 0 Å². The van der Waals surface area contributed by atoms with Gasteiger partial charge in [0.1, 0.15) is 13.2 Å². The van der Waals surface area contributed by atoms with Crippen LogP contribution in [0, 0.1) is 5.92 Å². The fourth-order valence-corrected chi connectivity index (χ4v) is 3.10. The molecule has 3 nitrogen and oxygen atoms in total. The van der Waals surface area contributed by atoms with E-state index in [4.69, 9.17) is 9.47 Å². The molecule has 1 aliphatic heterocycles. The van der Waals surface area contributed by atoms with Gasteiger partial charge in [-0.1, -0.05) is 18.9 Å². The van der Waals surface area contributed by atoms with Gasteiger partial charge in [-0.15, -0.1) is 0 Å². The zero-order chi connectivity index (χ0) is 13.1. The molecule has 0 radical (unpaired) electrons. The Morgan fingerprint density at radius 1 is 1.16 bits per heavy atom. The summed E-state index contributed by atoms with van der Waals surface area (Å²) >= 11 is 0. The van der Waals surface area contributed by atoms with Gasteiger partial charge in [0.25, 0.3) is 0 Å². The van der Waals surface area contributed by atoms with Crippen molar-refractivity contribution in [3.05, 3.63) is 23.8 Å². The Morgan fingerprint density at radius 2 is 1.89 bits per heavy atom. The average molecular weight is 261 g/mol. The molecule has 0 spiro atoms. The number of hydrogen-bond donors (Lipinski definition) is 1. The largest absolute Gasteiger partial charge is 0.486 e. The van der Waals surface area contributed by atoms with E-state index in [1.54, 1.807) is 0 Å². The van der Waals surface area contributed by atoms with Crippen LogP contribution in [0.25, 0.3) is 0 Å². The molecular weight excluding hydrogens is 238 g/mol. The number of rotatable bonds is 4. The van der Waals surface area contributed by atoms with Gasteiger partial charge in [0.2, 0.25) is 0 Å². The highest BCUT2D eigenvalue weighted by Gasteiger charge is 2.21. The Labute approximate surface area is 115 Å². The van der Waals surface area contributed by atoms with Crippen molar-refractivity contribution in [2.45, 2.75) is 45.2 Å². The Bertz CT molecular complexity index is 427. The number of nitrogens with one attached hydrogen (secondary N) is 1. The molecule has 0 bridgehead atoms. The quantitative estimate of drug-likeness (QED) is 0.903. The van der Waals surface area contributed by atoms with Crippen molar-refractivity contribution in [3.8, 4) is 11.5 Å². The maximum absolute atomic E-state index is 5.62. The van der Waals surface area contributed by atoms with E-state index in [0.29, 0.717) is 19.3 Å². The van der Waals surface area contributed by atoms with Crippen LogP contribution in [-0.4, -0.2) is 19.3 Å². The third-order valence-corrected chi connectivity index (χ3v) is 4.34. The Morgan fingerprint density at radius 3 is 2.68 bits per heavy atom. The summed E-state index contributed by atoms with van der Waals surface area (Å²) in [5.74, 6) is 2.62. The summed E-state index contributed by atoms with van der Waals surface area (Å²) in [7, 11) is 0. The van der Waals surface area contributed by atoms with Gasteiger partial charge in [-0.3, -0.25) is 0 Å². The van der Waals surface area contributed by atoms with Crippen LogP contribution in [0.15, 0.2) is 18.2 Å². The minimum Gasteiger partial charge on any atom is -0.486 e. The highest BCUT2D eigenvalue weighted by atomic mass is 16.6. The van der Waals surface area contributed by atoms with Gasteiger partial charge < -0.3 is 14.8 Å². The van der Waals surface area contributed by atoms with E-state index in [9.17, 15) is 0 Å². The van der Waals surface area contributed by atoms with Gasteiger partial charge in [-0.25, -0.2) is 0 Å². The first kappa shape index (κ1) is 12.8. The molecule has 1 aliphatic carbocycles. The topological polar surface area (TPSA) is 30.5 Å². The minimum absolute atomic E-state index is 0.607. The lowest BCUT2D eigenvalue weighted by atomic mass is 9.99. The van der Waals surface area contributed by atoms with E-state index in [1.807, 2.05) is 6.07 Å². The predicted octanol–water partition coefficient (Wildman–Crippen LogP) is 3.13. The smallest absolute Gasteiger partial charge is 0.161 e. The summed E-state index contributed by atoms with van der Waals surface area (Å²) in [4.78, 5) is 0. The van der Waals surface area contributed by atoms with Crippen molar-refractivity contribution in [1.82, 2.24) is 5.32 Å². The molecule has 2 aliphatic rings. The summed E-state index contributed by atoms with van der Waals surface area (Å²) in [5.41, 5.74) is 1.27. The van der Waals surface area contributed by atoms with E-state index >= 15 is 0 Å². The molecule has 1 atom stereocenters. The molecule has 0 aromatic heterocycles. The summed E-state index contributed by atoms with van der Waals surface area (Å²) < 4.78 is 11.2. The van der Waals surface area contributed by atoms with Gasteiger partial charge >= 0.3 is 0 Å². The molecule has 3 rings (SSSR count). The summed E-state index contributed by atoms with van der Waals surface area (Å²) in [6.45, 7) is 4.54. The van der Waals surface area contributed by atoms with Crippen LogP contribution in [0.4, 0.5) is 0 Å². The first-order valence-electron chi connectivity index (χ1n) is 7.45. The molecule has 3 heteroatoms. The maximum Gasteiger partial charge on any atom is 0.161 e. The molecule has 1 saturated carbocycles. The Hall–Kier alpha value is -1.22. The number of benzene rings is 1. The molecule has 1 aromatic rings. The zero-order valence-electron chi connectivity index (χ0n) is 11.7. The summed E-state index contributed by atoms with van der Waals surface area (Å²) in [5, 5.41) is 3.65. The third kappa shape index (κ3) is 3.03. The van der Waals surface area contributed by atoms with E-state index in [-0.39, 0.29) is 0 Å². The highest BCUT2D eigenvalue weighted by Crippen LogP contribution is 2.31. The highest BCUT2D eigenvalue weighted by molar-refractivity contribution is 5.43. The molecule has 0 unspecified atom stereocenters. The molecule has 0 saturated heterocycles. The molecule has 1 heterocycles. The zero-order valence-corrected chi connectivity index (χ0v) is 11.7. The van der Waals surface area contributed by atoms with E-state index in [1.165, 1.54) is 31.2 Å². The van der Waals surface area contributed by atoms with Crippen LogP contribution in [-0.2, 0) is 6.54 Å². The van der Waals surface area contributed by atoms with Gasteiger partial charge in [0, 0.05) is 12.6 Å². The Balaban J connectivity index is 1.57. The Kier molecular flexibility index (Phi) is 3.92. The van der Waals surface area contributed by atoms with Crippen molar-refractivity contribution in [2.75, 3.05) is 13.2 Å². The lowest BCUT2D eigenvalue weighted by Crippen LogP contribution is -2.31. The molecule has 19 heavy (non-hydrogen) atoms. The molecule has 104 valence electrons. The van der Waals surface area contributed by atoms with E-state index < -0.39 is 0 Å². The maximum atomic E-state index is 5.62. The van der Waals surface area contributed by atoms with Gasteiger partial charge in [0.15, 0.2) is 11.5 Å². The lowest BCUT2D eigenvalue weighted by Gasteiger charge is -2.22. The second kappa shape index (κ2) is 5.83. The molecule has 1 fully saturated rings. The monoisotopic (exact) mass is 261 g/mol. The second-order valence-corrected chi connectivity index (χ2v) is 5.69. The lowest BCUT2D eigenvalue weighted by molar-refractivity contribution is 0.171. The van der Waals surface area contributed by atoms with E-state index in [2.05, 4.69) is 24.4 Å². The van der Waals surface area contributed by atoms with Crippen molar-refractivity contribution >= 4 is 0 Å². The van der Waals surface area contributed by atoms with Crippen molar-refractivity contribution in [3.63, 3.8) is 0 Å². The molecule has 1 aromatic carbocycles. The number of hydrogen-bond acceptors (Lipinski definition) is 3. The van der Waals surface area contributed by atoms with Crippen LogP contribution in [0.5, 0.6) is 11.5 Å². The van der Waals surface area contributed by atoms with Crippen LogP contribution in [0.1, 0.15) is 38.2 Å². The van der Waals surface area contributed by atoms with Crippen molar-refractivity contribution in [2.24, 2.45) is 5.92 Å². The molecule has 1 N–H and O–H groups in total. The second-order valence-electron chi connectivity index (χ2n) is 5.69. The van der Waals surface area contributed by atoms with Crippen LogP contribution >= 0.6 is 0 Å². The number of fused-ring (bicyclic) bond motifs is 1. The van der Waals surface area contributed by atoms with Gasteiger partial charge in [0.05, 0.1) is 0 Å². The van der Waals surface area contributed by atoms with E-state index in [0.717, 1.165) is 24.0 Å². The average Bonchev–Trinajstić information content (AvgIpc) is 2.99. The number of ether oxygens (including phenoxy) is 2.